The van der Waals surface area contributed by atoms with Crippen molar-refractivity contribution in [2.75, 3.05) is 38.2 Å². The molecule has 1 fully saturated rings. The minimum Gasteiger partial charge on any atom is -0.379 e. The van der Waals surface area contributed by atoms with E-state index in [2.05, 4.69) is 44.0 Å². The normalized spacial score (nSPS) is 18.0. The van der Waals surface area contributed by atoms with Crippen molar-refractivity contribution in [2.45, 2.75) is 26.3 Å². The molecule has 0 spiro atoms. The van der Waals surface area contributed by atoms with Crippen LogP contribution in [0.15, 0.2) is 12.7 Å². The van der Waals surface area contributed by atoms with Crippen LogP contribution in [0, 0.1) is 5.92 Å². The van der Waals surface area contributed by atoms with Gasteiger partial charge >= 0.3 is 0 Å². The number of rotatable bonds is 6. The Labute approximate surface area is 130 Å². The van der Waals surface area contributed by atoms with Crippen LogP contribution in [0.25, 0.3) is 11.2 Å². The number of ether oxygens (including phenoxy) is 1. The Hall–Kier alpha value is -1.73. The van der Waals surface area contributed by atoms with Crippen LogP contribution in [0.4, 0.5) is 5.82 Å². The van der Waals surface area contributed by atoms with Gasteiger partial charge in [-0.1, -0.05) is 13.8 Å². The van der Waals surface area contributed by atoms with Gasteiger partial charge in [0.1, 0.15) is 11.8 Å². The van der Waals surface area contributed by atoms with Gasteiger partial charge in [-0.3, -0.25) is 4.90 Å². The lowest BCUT2D eigenvalue weighted by atomic mass is 10.0. The summed E-state index contributed by atoms with van der Waals surface area (Å²) in [6.07, 6.45) is 4.36. The zero-order valence-corrected chi connectivity index (χ0v) is 13.2. The highest BCUT2D eigenvalue weighted by Gasteiger charge is 2.22. The van der Waals surface area contributed by atoms with E-state index in [-0.39, 0.29) is 0 Å². The quantitative estimate of drug-likeness (QED) is 0.842. The Bertz CT molecular complexity index is 592. The number of aromatic nitrogens is 4. The second-order valence-electron chi connectivity index (χ2n) is 6.14. The Morgan fingerprint density at radius 2 is 2.09 bits per heavy atom. The van der Waals surface area contributed by atoms with Crippen LogP contribution in [0.5, 0.6) is 0 Å². The molecule has 1 aliphatic heterocycles. The third-order valence-electron chi connectivity index (χ3n) is 4.03. The first kappa shape index (κ1) is 15.2. The maximum atomic E-state index is 5.47. The number of fused-ring (bicyclic) bond motifs is 1. The smallest absolute Gasteiger partial charge is 0.182 e. The van der Waals surface area contributed by atoms with Crippen molar-refractivity contribution in [3.63, 3.8) is 0 Å². The van der Waals surface area contributed by atoms with E-state index in [9.17, 15) is 0 Å². The highest BCUT2D eigenvalue weighted by molar-refractivity contribution is 5.81. The fraction of sp³-hybridized carbons (Fsp3) is 0.667. The molecule has 0 saturated carbocycles. The number of imidazole rings is 1. The van der Waals surface area contributed by atoms with Crippen molar-refractivity contribution < 1.29 is 4.74 Å². The Kier molecular flexibility index (Phi) is 4.84. The monoisotopic (exact) mass is 304 g/mol. The summed E-state index contributed by atoms with van der Waals surface area (Å²) in [7, 11) is 0. The fourth-order valence-electron chi connectivity index (χ4n) is 2.96. The van der Waals surface area contributed by atoms with Crippen molar-refractivity contribution in [1.82, 2.24) is 24.8 Å². The molecule has 0 bridgehead atoms. The Morgan fingerprint density at radius 3 is 2.86 bits per heavy atom. The van der Waals surface area contributed by atoms with E-state index in [0.29, 0.717) is 17.6 Å². The van der Waals surface area contributed by atoms with E-state index < -0.39 is 0 Å². The average Bonchev–Trinajstić information content (AvgIpc) is 3.01. The number of H-pyrrole nitrogens is 1. The summed E-state index contributed by atoms with van der Waals surface area (Å²) in [5.74, 6) is 1.48. The average molecular weight is 304 g/mol. The summed E-state index contributed by atoms with van der Waals surface area (Å²) in [6, 6.07) is 0.483. The highest BCUT2D eigenvalue weighted by atomic mass is 16.5. The summed E-state index contributed by atoms with van der Waals surface area (Å²) in [6.45, 7) is 9.06. The van der Waals surface area contributed by atoms with Crippen LogP contribution in [0.2, 0.25) is 0 Å². The molecule has 1 atom stereocenters. The number of nitrogens with one attached hydrogen (secondary N) is 2. The molecule has 1 aliphatic rings. The molecule has 7 nitrogen and oxygen atoms in total. The molecule has 2 N–H and O–H groups in total. The van der Waals surface area contributed by atoms with Crippen LogP contribution < -0.4 is 5.32 Å². The molecule has 0 unspecified atom stereocenters. The Balaban J connectivity index is 1.68. The maximum Gasteiger partial charge on any atom is 0.182 e. The standard InChI is InChI=1S/C15H24N6O/c1-11(2)7-12(21-3-5-22-6-4-21)8-16-14-13-15(18-9-17-13)20-10-19-14/h9-12H,3-8H2,1-2H3,(H2,16,17,18,19,20)/t12-/m0/s1. The zero-order chi connectivity index (χ0) is 15.4. The molecule has 0 radical (unpaired) electrons. The number of anilines is 1. The molecule has 22 heavy (non-hydrogen) atoms. The molecule has 7 heteroatoms. The molecular weight excluding hydrogens is 280 g/mol. The lowest BCUT2D eigenvalue weighted by Crippen LogP contribution is -2.47. The predicted octanol–water partition coefficient (Wildman–Crippen LogP) is 1.51. The summed E-state index contributed by atoms with van der Waals surface area (Å²) < 4.78 is 5.47. The Morgan fingerprint density at radius 1 is 1.27 bits per heavy atom. The number of hydrogen-bond acceptors (Lipinski definition) is 6. The third-order valence-corrected chi connectivity index (χ3v) is 4.03. The molecular formula is C15H24N6O. The third kappa shape index (κ3) is 3.53. The topological polar surface area (TPSA) is 79.0 Å². The molecule has 1 saturated heterocycles. The summed E-state index contributed by atoms with van der Waals surface area (Å²) in [5, 5.41) is 3.47. The first-order chi connectivity index (χ1) is 10.7. The number of hydrogen-bond donors (Lipinski definition) is 2. The minimum absolute atomic E-state index is 0.483. The molecule has 120 valence electrons. The number of nitrogens with zero attached hydrogens (tertiary/aromatic N) is 4. The van der Waals surface area contributed by atoms with Crippen LogP contribution in [-0.2, 0) is 4.74 Å². The molecule has 0 amide bonds. The van der Waals surface area contributed by atoms with Crippen LogP contribution >= 0.6 is 0 Å². The van der Waals surface area contributed by atoms with Gasteiger partial charge in [0.25, 0.3) is 0 Å². The van der Waals surface area contributed by atoms with E-state index >= 15 is 0 Å². The van der Waals surface area contributed by atoms with E-state index in [1.165, 1.54) is 0 Å². The summed E-state index contributed by atoms with van der Waals surface area (Å²) >= 11 is 0. The van der Waals surface area contributed by atoms with Crippen molar-refractivity contribution in [3.05, 3.63) is 12.7 Å². The molecule has 0 aliphatic carbocycles. The van der Waals surface area contributed by atoms with Gasteiger partial charge in [0.15, 0.2) is 11.5 Å². The summed E-state index contributed by atoms with van der Waals surface area (Å²) in [4.78, 5) is 18.3. The van der Waals surface area contributed by atoms with Crippen molar-refractivity contribution in [3.8, 4) is 0 Å². The largest absolute Gasteiger partial charge is 0.379 e. The molecule has 2 aromatic rings. The van der Waals surface area contributed by atoms with Crippen LogP contribution in [0.3, 0.4) is 0 Å². The van der Waals surface area contributed by atoms with E-state index in [1.54, 1.807) is 12.7 Å². The van der Waals surface area contributed by atoms with E-state index in [1.807, 2.05) is 0 Å². The first-order valence-electron chi connectivity index (χ1n) is 7.94. The maximum absolute atomic E-state index is 5.47. The van der Waals surface area contributed by atoms with Gasteiger partial charge in [0, 0.05) is 25.7 Å². The molecule has 2 aromatic heterocycles. The lowest BCUT2D eigenvalue weighted by Gasteiger charge is -2.35. The molecule has 3 heterocycles. The molecule has 3 rings (SSSR count). The van der Waals surface area contributed by atoms with E-state index in [0.717, 1.165) is 50.6 Å². The van der Waals surface area contributed by atoms with Crippen molar-refractivity contribution in [1.29, 1.82) is 0 Å². The summed E-state index contributed by atoms with van der Waals surface area (Å²) in [5.41, 5.74) is 1.57. The van der Waals surface area contributed by atoms with Gasteiger partial charge in [0.2, 0.25) is 0 Å². The highest BCUT2D eigenvalue weighted by Crippen LogP contribution is 2.17. The number of morpholine rings is 1. The zero-order valence-electron chi connectivity index (χ0n) is 13.2. The van der Waals surface area contributed by atoms with Gasteiger partial charge in [-0.2, -0.15) is 0 Å². The van der Waals surface area contributed by atoms with E-state index in [4.69, 9.17) is 4.74 Å². The van der Waals surface area contributed by atoms with Crippen LogP contribution in [0.1, 0.15) is 20.3 Å². The SMILES string of the molecule is CC(C)C[C@@H](CNc1ncnc2nc[nH]c12)N1CCOCC1. The van der Waals surface area contributed by atoms with Crippen molar-refractivity contribution >= 4 is 17.0 Å². The predicted molar refractivity (Wildman–Crippen MR) is 85.8 cm³/mol. The second kappa shape index (κ2) is 7.02. The van der Waals surface area contributed by atoms with Gasteiger partial charge in [0.05, 0.1) is 19.5 Å². The van der Waals surface area contributed by atoms with Gasteiger partial charge in [-0.05, 0) is 12.3 Å². The van der Waals surface area contributed by atoms with Gasteiger partial charge in [-0.15, -0.1) is 0 Å². The van der Waals surface area contributed by atoms with Gasteiger partial charge < -0.3 is 15.0 Å². The van der Waals surface area contributed by atoms with Crippen LogP contribution in [-0.4, -0.2) is 63.7 Å². The van der Waals surface area contributed by atoms with Gasteiger partial charge in [-0.25, -0.2) is 15.0 Å². The number of aromatic amines is 1. The molecule has 0 aromatic carbocycles. The van der Waals surface area contributed by atoms with Crippen molar-refractivity contribution in [2.24, 2.45) is 5.92 Å². The lowest BCUT2D eigenvalue weighted by molar-refractivity contribution is 0.0150. The minimum atomic E-state index is 0.483. The first-order valence-corrected chi connectivity index (χ1v) is 7.94. The second-order valence-corrected chi connectivity index (χ2v) is 6.14. The fourth-order valence-corrected chi connectivity index (χ4v) is 2.96.